The monoisotopic (exact) mass is 338 g/mol. The molecule has 0 saturated carbocycles. The van der Waals surface area contributed by atoms with Crippen LogP contribution in [0.25, 0.3) is 10.2 Å². The summed E-state index contributed by atoms with van der Waals surface area (Å²) in [6.45, 7) is 0.596. The summed E-state index contributed by atoms with van der Waals surface area (Å²) in [5.74, 6) is -0.423. The molecule has 2 rings (SSSR count). The highest BCUT2D eigenvalue weighted by molar-refractivity contribution is 8.01. The molecule has 7 heteroatoms. The number of carboxylic acids is 1. The van der Waals surface area contributed by atoms with Crippen LogP contribution in [0.5, 0.6) is 0 Å². The fourth-order valence-electron chi connectivity index (χ4n) is 1.90. The number of thiazole rings is 1. The van der Waals surface area contributed by atoms with Gasteiger partial charge < -0.3 is 10.4 Å². The molecule has 2 N–H and O–H groups in total. The number of aromatic nitrogens is 1. The van der Waals surface area contributed by atoms with E-state index in [-0.39, 0.29) is 12.3 Å². The molecule has 0 spiro atoms. The SMILES string of the molecule is O=C(O)CCCCCNC(=O)CSc1nc2ccccc2s1. The number of fused-ring (bicyclic) bond motifs is 1. The fraction of sp³-hybridized carbons (Fsp3) is 0.400. The zero-order valence-corrected chi connectivity index (χ0v) is 13.7. The Kier molecular flexibility index (Phi) is 6.67. The molecule has 0 aliphatic rings. The summed E-state index contributed by atoms with van der Waals surface area (Å²) in [4.78, 5) is 26.5. The second kappa shape index (κ2) is 8.75. The number of carboxylic acid groups (broad SMARTS) is 1. The molecule has 0 aliphatic carbocycles. The quantitative estimate of drug-likeness (QED) is 0.542. The highest BCUT2D eigenvalue weighted by atomic mass is 32.2. The number of benzene rings is 1. The number of nitrogens with one attached hydrogen (secondary N) is 1. The molecule has 2 aromatic rings. The van der Waals surface area contributed by atoms with Gasteiger partial charge in [-0.25, -0.2) is 4.98 Å². The Hall–Kier alpha value is -1.60. The van der Waals surface area contributed by atoms with Gasteiger partial charge in [-0.15, -0.1) is 11.3 Å². The molecule has 1 aromatic carbocycles. The zero-order valence-electron chi connectivity index (χ0n) is 12.1. The number of unbranched alkanes of at least 4 members (excludes halogenated alkanes) is 2. The number of rotatable bonds is 9. The summed E-state index contributed by atoms with van der Waals surface area (Å²) >= 11 is 3.04. The Morgan fingerprint density at radius 3 is 2.82 bits per heavy atom. The molecule has 0 fully saturated rings. The van der Waals surface area contributed by atoms with Crippen LogP contribution in [-0.2, 0) is 9.59 Å². The first kappa shape index (κ1) is 16.8. The summed E-state index contributed by atoms with van der Waals surface area (Å²) in [6, 6.07) is 7.92. The summed E-state index contributed by atoms with van der Waals surface area (Å²) < 4.78 is 2.03. The molecular weight excluding hydrogens is 320 g/mol. The Bertz CT molecular complexity index is 610. The van der Waals surface area contributed by atoms with Gasteiger partial charge in [0, 0.05) is 13.0 Å². The second-order valence-corrected chi connectivity index (χ2v) is 7.04. The van der Waals surface area contributed by atoms with E-state index in [0.29, 0.717) is 18.7 Å². The maximum atomic E-state index is 11.7. The van der Waals surface area contributed by atoms with Crippen LogP contribution in [0.2, 0.25) is 0 Å². The second-order valence-electron chi connectivity index (χ2n) is 4.79. The number of hydrogen-bond acceptors (Lipinski definition) is 5. The summed E-state index contributed by atoms with van der Waals surface area (Å²) in [5.41, 5.74) is 0.967. The molecule has 1 heterocycles. The van der Waals surface area contributed by atoms with Crippen molar-refractivity contribution in [1.29, 1.82) is 0 Å². The number of hydrogen-bond donors (Lipinski definition) is 2. The van der Waals surface area contributed by atoms with E-state index < -0.39 is 5.97 Å². The van der Waals surface area contributed by atoms with Gasteiger partial charge in [0.2, 0.25) is 5.91 Å². The van der Waals surface area contributed by atoms with E-state index >= 15 is 0 Å². The maximum absolute atomic E-state index is 11.7. The Morgan fingerprint density at radius 1 is 1.23 bits per heavy atom. The third-order valence-corrected chi connectivity index (χ3v) is 5.17. The normalized spacial score (nSPS) is 10.7. The van der Waals surface area contributed by atoms with E-state index in [1.165, 1.54) is 11.8 Å². The van der Waals surface area contributed by atoms with E-state index in [2.05, 4.69) is 10.3 Å². The van der Waals surface area contributed by atoms with Gasteiger partial charge in [-0.1, -0.05) is 30.3 Å². The number of para-hydroxylation sites is 1. The molecular formula is C15H18N2O3S2. The van der Waals surface area contributed by atoms with Gasteiger partial charge in [-0.05, 0) is 25.0 Å². The number of aliphatic carboxylic acids is 1. The van der Waals surface area contributed by atoms with Crippen LogP contribution in [-0.4, -0.2) is 34.3 Å². The maximum Gasteiger partial charge on any atom is 0.303 e. The van der Waals surface area contributed by atoms with Crippen LogP contribution in [0, 0.1) is 0 Å². The van der Waals surface area contributed by atoms with Crippen LogP contribution >= 0.6 is 23.1 Å². The minimum atomic E-state index is -0.767. The zero-order chi connectivity index (χ0) is 15.8. The molecule has 5 nitrogen and oxygen atoms in total. The van der Waals surface area contributed by atoms with E-state index in [4.69, 9.17) is 5.11 Å². The highest BCUT2D eigenvalue weighted by Crippen LogP contribution is 2.28. The molecule has 0 radical (unpaired) electrons. The van der Waals surface area contributed by atoms with Crippen molar-refractivity contribution in [2.45, 2.75) is 30.0 Å². The van der Waals surface area contributed by atoms with Gasteiger partial charge in [0.15, 0.2) is 4.34 Å². The lowest BCUT2D eigenvalue weighted by Crippen LogP contribution is -2.26. The minimum absolute atomic E-state index is 0.0116. The predicted molar refractivity (Wildman–Crippen MR) is 89.5 cm³/mol. The average Bonchev–Trinajstić information content (AvgIpc) is 2.91. The third kappa shape index (κ3) is 5.65. The van der Waals surface area contributed by atoms with Crippen molar-refractivity contribution in [3.05, 3.63) is 24.3 Å². The summed E-state index contributed by atoms with van der Waals surface area (Å²) in [6.07, 6.45) is 2.48. The number of carbonyl (C=O) groups excluding carboxylic acids is 1. The van der Waals surface area contributed by atoms with Crippen LogP contribution < -0.4 is 5.32 Å². The summed E-state index contributed by atoms with van der Waals surface area (Å²) in [7, 11) is 0. The van der Waals surface area contributed by atoms with Crippen LogP contribution in [0.3, 0.4) is 0 Å². The highest BCUT2D eigenvalue weighted by Gasteiger charge is 2.07. The van der Waals surface area contributed by atoms with Crippen LogP contribution in [0.1, 0.15) is 25.7 Å². The molecule has 0 unspecified atom stereocenters. The van der Waals surface area contributed by atoms with Gasteiger partial charge in [0.25, 0.3) is 0 Å². The molecule has 118 valence electrons. The van der Waals surface area contributed by atoms with Crippen molar-refractivity contribution in [2.24, 2.45) is 0 Å². The Labute approximate surface area is 137 Å². The van der Waals surface area contributed by atoms with Gasteiger partial charge in [-0.3, -0.25) is 9.59 Å². The van der Waals surface area contributed by atoms with E-state index in [9.17, 15) is 9.59 Å². The van der Waals surface area contributed by atoms with Crippen molar-refractivity contribution in [1.82, 2.24) is 10.3 Å². The predicted octanol–water partition coefficient (Wildman–Crippen LogP) is 3.15. The van der Waals surface area contributed by atoms with Gasteiger partial charge in [0.1, 0.15) is 0 Å². The lowest BCUT2D eigenvalue weighted by Gasteiger charge is -2.03. The first-order valence-electron chi connectivity index (χ1n) is 7.12. The van der Waals surface area contributed by atoms with Gasteiger partial charge >= 0.3 is 5.97 Å². The molecule has 1 amide bonds. The number of carbonyl (C=O) groups is 2. The minimum Gasteiger partial charge on any atom is -0.481 e. The van der Waals surface area contributed by atoms with Gasteiger partial charge in [-0.2, -0.15) is 0 Å². The molecule has 22 heavy (non-hydrogen) atoms. The lowest BCUT2D eigenvalue weighted by atomic mass is 10.2. The number of thioether (sulfide) groups is 1. The summed E-state index contributed by atoms with van der Waals surface area (Å²) in [5, 5.41) is 11.4. The van der Waals surface area contributed by atoms with Crippen molar-refractivity contribution >= 4 is 45.2 Å². The fourth-order valence-corrected chi connectivity index (χ4v) is 3.80. The number of amides is 1. The van der Waals surface area contributed by atoms with Crippen molar-refractivity contribution < 1.29 is 14.7 Å². The van der Waals surface area contributed by atoms with Crippen LogP contribution in [0.4, 0.5) is 0 Å². The first-order chi connectivity index (χ1) is 10.6. The van der Waals surface area contributed by atoms with Crippen molar-refractivity contribution in [3.63, 3.8) is 0 Å². The Morgan fingerprint density at radius 2 is 2.05 bits per heavy atom. The van der Waals surface area contributed by atoms with Crippen molar-refractivity contribution in [3.8, 4) is 0 Å². The van der Waals surface area contributed by atoms with E-state index in [1.807, 2.05) is 24.3 Å². The topological polar surface area (TPSA) is 79.3 Å². The van der Waals surface area contributed by atoms with E-state index in [0.717, 1.165) is 27.4 Å². The molecule has 0 atom stereocenters. The van der Waals surface area contributed by atoms with Crippen molar-refractivity contribution in [2.75, 3.05) is 12.3 Å². The number of nitrogens with zero attached hydrogens (tertiary/aromatic N) is 1. The lowest BCUT2D eigenvalue weighted by molar-refractivity contribution is -0.137. The van der Waals surface area contributed by atoms with Crippen LogP contribution in [0.15, 0.2) is 28.6 Å². The smallest absolute Gasteiger partial charge is 0.303 e. The van der Waals surface area contributed by atoms with E-state index in [1.54, 1.807) is 11.3 Å². The third-order valence-electron chi connectivity index (χ3n) is 2.99. The standard InChI is InChI=1S/C15H18N2O3S2/c18-13(16-9-5-1-2-8-14(19)20)10-21-15-17-11-6-3-4-7-12(11)22-15/h3-4,6-7H,1-2,5,8-10H2,(H,16,18)(H,19,20). The molecule has 0 bridgehead atoms. The Balaban J connectivity index is 1.62. The van der Waals surface area contributed by atoms with Gasteiger partial charge in [0.05, 0.1) is 16.0 Å². The molecule has 1 aromatic heterocycles. The average molecular weight is 338 g/mol. The molecule has 0 aliphatic heterocycles. The molecule has 0 saturated heterocycles. The largest absolute Gasteiger partial charge is 0.481 e. The first-order valence-corrected chi connectivity index (χ1v) is 8.92.